The molecule has 0 atom stereocenters. The molecule has 0 unspecified atom stereocenters. The number of aromatic nitrogens is 3. The average molecular weight is 443 g/mol. The molecule has 32 heavy (non-hydrogen) atoms. The highest BCUT2D eigenvalue weighted by Crippen LogP contribution is 2.53. The molecule has 6 rings (SSSR count). The van der Waals surface area contributed by atoms with E-state index in [1.54, 1.807) is 18.6 Å². The molecule has 8 heteroatoms. The first-order valence-electron chi connectivity index (χ1n) is 10.1. The number of H-pyrrole nitrogens is 3. The molecule has 0 saturated carbocycles. The van der Waals surface area contributed by atoms with Crippen molar-refractivity contribution in [1.29, 1.82) is 0 Å². The maximum Gasteiger partial charge on any atom is 0.647 e. The van der Waals surface area contributed by atoms with Crippen LogP contribution in [0.2, 0.25) is 0 Å². The number of hydrogen-bond acceptors (Lipinski definition) is 4. The summed E-state index contributed by atoms with van der Waals surface area (Å²) in [4.78, 5) is 9.35. The Morgan fingerprint density at radius 1 is 0.500 bits per heavy atom. The second-order valence-electron chi connectivity index (χ2n) is 7.32. The van der Waals surface area contributed by atoms with Gasteiger partial charge in [-0.2, -0.15) is 4.57 Å². The molecular weight excluding hydrogens is 425 g/mol. The summed E-state index contributed by atoms with van der Waals surface area (Å²) in [7, 11) is -4.16. The SMILES string of the molecule is O=P(Oc1c[nH]c2ccccc12)(Oc1c[nH]c2ccccc12)Oc1c[nH]c2ccccc12. The van der Waals surface area contributed by atoms with Gasteiger partial charge in [-0.1, -0.05) is 36.4 Å². The smallest absolute Gasteiger partial charge is 0.384 e. The number of rotatable bonds is 6. The van der Waals surface area contributed by atoms with Gasteiger partial charge in [0.1, 0.15) is 0 Å². The third-order valence-electron chi connectivity index (χ3n) is 5.28. The van der Waals surface area contributed by atoms with Crippen LogP contribution in [0.3, 0.4) is 0 Å². The normalized spacial score (nSPS) is 11.9. The van der Waals surface area contributed by atoms with Gasteiger partial charge in [-0.25, -0.2) is 0 Å². The van der Waals surface area contributed by atoms with Crippen molar-refractivity contribution >= 4 is 40.5 Å². The van der Waals surface area contributed by atoms with E-state index in [-0.39, 0.29) is 0 Å². The lowest BCUT2D eigenvalue weighted by Crippen LogP contribution is -2.07. The summed E-state index contributed by atoms with van der Waals surface area (Å²) in [6, 6.07) is 22.7. The standard InChI is InChI=1S/C24H18N3O4P/c28-32(29-22-13-25-19-10-4-1-7-16(19)22,30-23-14-26-20-11-5-2-8-17(20)23)31-24-15-27-21-12-6-3-9-18(21)24/h1-15,25-27H. The van der Waals surface area contributed by atoms with Crippen LogP contribution < -0.4 is 13.6 Å². The first-order valence-corrected chi connectivity index (χ1v) is 11.5. The number of phosphoric acid groups is 1. The van der Waals surface area contributed by atoms with Crippen LogP contribution in [0, 0.1) is 0 Å². The maximum absolute atomic E-state index is 14.0. The van der Waals surface area contributed by atoms with E-state index in [4.69, 9.17) is 13.6 Å². The topological polar surface area (TPSA) is 92.1 Å². The molecule has 0 fully saturated rings. The highest BCUT2D eigenvalue weighted by atomic mass is 31.2. The molecule has 0 radical (unpaired) electrons. The molecule has 0 aliphatic heterocycles. The molecule has 0 aliphatic carbocycles. The summed E-state index contributed by atoms with van der Waals surface area (Å²) in [5, 5.41) is 2.33. The molecular formula is C24H18N3O4P. The highest BCUT2D eigenvalue weighted by Gasteiger charge is 2.36. The number of hydrogen-bond donors (Lipinski definition) is 3. The van der Waals surface area contributed by atoms with Crippen molar-refractivity contribution in [2.24, 2.45) is 0 Å². The molecule has 3 N–H and O–H groups in total. The van der Waals surface area contributed by atoms with E-state index in [1.807, 2.05) is 72.8 Å². The van der Waals surface area contributed by atoms with Gasteiger partial charge < -0.3 is 28.5 Å². The first kappa shape index (κ1) is 18.7. The monoisotopic (exact) mass is 443 g/mol. The van der Waals surface area contributed by atoms with Crippen molar-refractivity contribution in [1.82, 2.24) is 15.0 Å². The predicted molar refractivity (Wildman–Crippen MR) is 124 cm³/mol. The summed E-state index contributed by atoms with van der Waals surface area (Å²) in [6.45, 7) is 0. The molecule has 3 heterocycles. The molecule has 7 nitrogen and oxygen atoms in total. The van der Waals surface area contributed by atoms with Gasteiger partial charge in [0.25, 0.3) is 0 Å². The average Bonchev–Trinajstić information content (AvgIpc) is 3.52. The number of benzene rings is 3. The van der Waals surface area contributed by atoms with Gasteiger partial charge in [-0.05, 0) is 36.4 Å². The van der Waals surface area contributed by atoms with Crippen molar-refractivity contribution in [3.63, 3.8) is 0 Å². The summed E-state index contributed by atoms with van der Waals surface area (Å²) in [5.74, 6) is 1.14. The minimum absolute atomic E-state index is 0.378. The Kier molecular flexibility index (Phi) is 4.23. The van der Waals surface area contributed by atoms with E-state index in [1.165, 1.54) is 0 Å². The summed E-state index contributed by atoms with van der Waals surface area (Å²) >= 11 is 0. The van der Waals surface area contributed by atoms with Crippen LogP contribution in [0.4, 0.5) is 0 Å². The number of para-hydroxylation sites is 3. The summed E-state index contributed by atoms with van der Waals surface area (Å²) in [6.07, 6.45) is 4.94. The van der Waals surface area contributed by atoms with Gasteiger partial charge in [-0.3, -0.25) is 0 Å². The largest absolute Gasteiger partial charge is 0.647 e. The Hall–Kier alpha value is -4.09. The lowest BCUT2D eigenvalue weighted by Gasteiger charge is -2.18. The van der Waals surface area contributed by atoms with Crippen LogP contribution in [-0.4, -0.2) is 15.0 Å². The van der Waals surface area contributed by atoms with Gasteiger partial charge in [-0.15, -0.1) is 0 Å². The number of phosphoric ester groups is 1. The van der Waals surface area contributed by atoms with E-state index in [9.17, 15) is 4.57 Å². The number of fused-ring (bicyclic) bond motifs is 3. The minimum atomic E-state index is -4.16. The molecule has 158 valence electrons. The van der Waals surface area contributed by atoms with Gasteiger partial charge in [0, 0.05) is 51.3 Å². The van der Waals surface area contributed by atoms with Gasteiger partial charge >= 0.3 is 7.82 Å². The molecule has 3 aromatic carbocycles. The van der Waals surface area contributed by atoms with Crippen molar-refractivity contribution in [2.45, 2.75) is 0 Å². The highest BCUT2D eigenvalue weighted by molar-refractivity contribution is 7.49. The van der Waals surface area contributed by atoms with Crippen LogP contribution in [0.25, 0.3) is 32.7 Å². The fourth-order valence-corrected chi connectivity index (χ4v) is 5.07. The van der Waals surface area contributed by atoms with E-state index >= 15 is 0 Å². The Balaban J connectivity index is 1.43. The van der Waals surface area contributed by atoms with Crippen LogP contribution in [0.15, 0.2) is 91.4 Å². The molecule has 3 aromatic heterocycles. The fraction of sp³-hybridized carbons (Fsp3) is 0. The summed E-state index contributed by atoms with van der Waals surface area (Å²) in [5.41, 5.74) is 2.56. The van der Waals surface area contributed by atoms with Crippen LogP contribution in [-0.2, 0) is 4.57 Å². The Labute approximate surface area is 182 Å². The zero-order valence-corrected chi connectivity index (χ0v) is 17.6. The van der Waals surface area contributed by atoms with Crippen molar-refractivity contribution in [3.05, 3.63) is 91.4 Å². The predicted octanol–water partition coefficient (Wildman–Crippen LogP) is 6.78. The molecule has 6 aromatic rings. The summed E-state index contributed by atoms with van der Waals surface area (Å²) < 4.78 is 31.9. The van der Waals surface area contributed by atoms with E-state index in [0.717, 1.165) is 32.7 Å². The van der Waals surface area contributed by atoms with E-state index in [0.29, 0.717) is 17.2 Å². The van der Waals surface area contributed by atoms with Gasteiger partial charge in [0.15, 0.2) is 17.2 Å². The van der Waals surface area contributed by atoms with Crippen LogP contribution in [0.1, 0.15) is 0 Å². The zero-order chi connectivity index (χ0) is 21.5. The first-order chi connectivity index (χ1) is 15.7. The lowest BCUT2D eigenvalue weighted by atomic mass is 10.2. The molecule has 0 amide bonds. The zero-order valence-electron chi connectivity index (χ0n) is 16.7. The van der Waals surface area contributed by atoms with Crippen molar-refractivity contribution in [3.8, 4) is 17.2 Å². The van der Waals surface area contributed by atoms with E-state index < -0.39 is 7.82 Å². The quantitative estimate of drug-likeness (QED) is 0.248. The second-order valence-corrected chi connectivity index (χ2v) is 8.76. The third kappa shape index (κ3) is 3.20. The molecule has 0 bridgehead atoms. The number of nitrogens with one attached hydrogen (secondary N) is 3. The number of aromatic amines is 3. The Morgan fingerprint density at radius 3 is 1.16 bits per heavy atom. The van der Waals surface area contributed by atoms with Crippen molar-refractivity contribution < 1.29 is 18.1 Å². The molecule has 0 saturated heterocycles. The third-order valence-corrected chi connectivity index (χ3v) is 6.55. The van der Waals surface area contributed by atoms with E-state index in [2.05, 4.69) is 15.0 Å². The second kappa shape index (κ2) is 7.25. The van der Waals surface area contributed by atoms with Gasteiger partial charge in [0.05, 0.1) is 0 Å². The van der Waals surface area contributed by atoms with Crippen LogP contribution in [0.5, 0.6) is 17.2 Å². The lowest BCUT2D eigenvalue weighted by molar-refractivity contribution is 0.302. The molecule has 0 spiro atoms. The van der Waals surface area contributed by atoms with Crippen LogP contribution >= 0.6 is 7.82 Å². The van der Waals surface area contributed by atoms with Crippen molar-refractivity contribution in [2.75, 3.05) is 0 Å². The minimum Gasteiger partial charge on any atom is -0.384 e. The molecule has 0 aliphatic rings. The Morgan fingerprint density at radius 2 is 0.812 bits per heavy atom. The maximum atomic E-state index is 14.0. The van der Waals surface area contributed by atoms with Gasteiger partial charge in [0.2, 0.25) is 0 Å². The Bertz CT molecular complexity index is 1420. The fourth-order valence-electron chi connectivity index (χ4n) is 3.78.